The molecule has 1 amide bonds. The van der Waals surface area contributed by atoms with Crippen molar-refractivity contribution in [2.24, 2.45) is 0 Å². The van der Waals surface area contributed by atoms with Gasteiger partial charge in [-0.1, -0.05) is 15.9 Å². The Kier molecular flexibility index (Phi) is 4.13. The van der Waals surface area contributed by atoms with Gasteiger partial charge in [-0.3, -0.25) is 9.78 Å². The molecule has 0 spiro atoms. The molecule has 1 heterocycles. The lowest BCUT2D eigenvalue weighted by atomic mass is 10.1. The van der Waals surface area contributed by atoms with Crippen LogP contribution in [-0.4, -0.2) is 10.9 Å². The Morgan fingerprint density at radius 1 is 1.20 bits per heavy atom. The van der Waals surface area contributed by atoms with E-state index in [-0.39, 0.29) is 10.0 Å². The number of nitrogens with one attached hydrogen (secondary N) is 1. The number of anilines is 1. The Morgan fingerprint density at radius 2 is 1.80 bits per heavy atom. The van der Waals surface area contributed by atoms with Gasteiger partial charge < -0.3 is 5.32 Å². The van der Waals surface area contributed by atoms with Crippen molar-refractivity contribution in [1.82, 2.24) is 4.98 Å². The summed E-state index contributed by atoms with van der Waals surface area (Å²) < 4.78 is 27.6. The molecule has 2 aromatic rings. The minimum atomic E-state index is -0.844. The number of benzene rings is 1. The second-order valence-electron chi connectivity index (χ2n) is 4.28. The summed E-state index contributed by atoms with van der Waals surface area (Å²) in [6.07, 6.45) is 0. The molecule has 20 heavy (non-hydrogen) atoms. The van der Waals surface area contributed by atoms with Crippen LogP contribution in [0.2, 0.25) is 0 Å². The van der Waals surface area contributed by atoms with Crippen LogP contribution in [0.1, 0.15) is 21.7 Å². The molecule has 0 aliphatic carbocycles. The molecule has 0 radical (unpaired) electrons. The van der Waals surface area contributed by atoms with Crippen LogP contribution in [0.25, 0.3) is 0 Å². The van der Waals surface area contributed by atoms with E-state index in [2.05, 4.69) is 26.2 Å². The highest BCUT2D eigenvalue weighted by atomic mass is 79.9. The minimum absolute atomic E-state index is 0.263. The van der Waals surface area contributed by atoms with Crippen LogP contribution in [-0.2, 0) is 0 Å². The number of pyridine rings is 1. The average Bonchev–Trinajstić information content (AvgIpc) is 2.33. The molecule has 0 saturated heterocycles. The van der Waals surface area contributed by atoms with Gasteiger partial charge in [-0.15, -0.1) is 0 Å². The number of hydrogen-bond donors (Lipinski definition) is 1. The fourth-order valence-electron chi connectivity index (χ4n) is 1.77. The Hall–Kier alpha value is -1.82. The number of hydrogen-bond acceptors (Lipinski definition) is 2. The first kappa shape index (κ1) is 14.6. The van der Waals surface area contributed by atoms with E-state index in [9.17, 15) is 13.6 Å². The number of carbonyl (C=O) groups excluding carboxylic acids is 1. The fourth-order valence-corrected chi connectivity index (χ4v) is 2.17. The number of carbonyl (C=O) groups is 1. The van der Waals surface area contributed by atoms with E-state index in [1.165, 1.54) is 0 Å². The normalized spacial score (nSPS) is 10.4. The third-order valence-corrected chi connectivity index (χ3v) is 3.17. The van der Waals surface area contributed by atoms with Crippen LogP contribution in [0.5, 0.6) is 0 Å². The maximum absolute atomic E-state index is 13.7. The van der Waals surface area contributed by atoms with Crippen LogP contribution in [0.3, 0.4) is 0 Å². The van der Waals surface area contributed by atoms with Gasteiger partial charge in [0.05, 0.1) is 11.3 Å². The standard InChI is InChI=1S/C14H11BrF2N2O/c1-7-3-4-10(8(2)18-7)14(20)19-13-11(16)5-9(15)6-12(13)17/h3-6H,1-2H3,(H,19,20). The van der Waals surface area contributed by atoms with Gasteiger partial charge in [0.15, 0.2) is 11.6 Å². The second-order valence-corrected chi connectivity index (χ2v) is 5.20. The minimum Gasteiger partial charge on any atom is -0.317 e. The van der Waals surface area contributed by atoms with Crippen LogP contribution in [0.15, 0.2) is 28.7 Å². The number of amides is 1. The van der Waals surface area contributed by atoms with E-state index in [1.807, 2.05) is 0 Å². The van der Waals surface area contributed by atoms with Gasteiger partial charge >= 0.3 is 0 Å². The number of rotatable bonds is 2. The second kappa shape index (κ2) is 5.66. The van der Waals surface area contributed by atoms with Gasteiger partial charge in [0, 0.05) is 10.2 Å². The van der Waals surface area contributed by atoms with E-state index in [0.29, 0.717) is 5.69 Å². The summed E-state index contributed by atoms with van der Waals surface area (Å²) >= 11 is 2.98. The molecule has 1 aromatic heterocycles. The van der Waals surface area contributed by atoms with Crippen molar-refractivity contribution in [3.8, 4) is 0 Å². The highest BCUT2D eigenvalue weighted by Gasteiger charge is 2.16. The zero-order valence-electron chi connectivity index (χ0n) is 10.8. The predicted molar refractivity (Wildman–Crippen MR) is 75.7 cm³/mol. The third kappa shape index (κ3) is 3.01. The van der Waals surface area contributed by atoms with Gasteiger partial charge in [-0.25, -0.2) is 8.78 Å². The zero-order valence-corrected chi connectivity index (χ0v) is 12.4. The molecular formula is C14H11BrF2N2O. The van der Waals surface area contributed by atoms with Gasteiger partial charge in [0.1, 0.15) is 5.69 Å². The van der Waals surface area contributed by atoms with E-state index >= 15 is 0 Å². The molecular weight excluding hydrogens is 330 g/mol. The monoisotopic (exact) mass is 340 g/mol. The first-order valence-electron chi connectivity index (χ1n) is 5.78. The molecule has 104 valence electrons. The zero-order chi connectivity index (χ0) is 14.9. The van der Waals surface area contributed by atoms with Gasteiger partial charge in [-0.05, 0) is 38.1 Å². The summed E-state index contributed by atoms with van der Waals surface area (Å²) in [6.45, 7) is 3.46. The Morgan fingerprint density at radius 3 is 2.35 bits per heavy atom. The SMILES string of the molecule is Cc1ccc(C(=O)Nc2c(F)cc(Br)cc2F)c(C)n1. The van der Waals surface area contributed by atoms with Gasteiger partial charge in [0.2, 0.25) is 0 Å². The molecule has 0 aliphatic heterocycles. The molecule has 0 bridgehead atoms. The smallest absolute Gasteiger partial charge is 0.257 e. The first-order chi connectivity index (χ1) is 9.38. The highest BCUT2D eigenvalue weighted by molar-refractivity contribution is 9.10. The molecule has 1 aromatic carbocycles. The predicted octanol–water partition coefficient (Wildman–Crippen LogP) is 3.99. The average molecular weight is 341 g/mol. The Labute approximate surface area is 123 Å². The van der Waals surface area contributed by atoms with Crippen molar-refractivity contribution in [1.29, 1.82) is 0 Å². The molecule has 0 atom stereocenters. The van der Waals surface area contributed by atoms with Crippen molar-refractivity contribution in [2.45, 2.75) is 13.8 Å². The van der Waals surface area contributed by atoms with Crippen molar-refractivity contribution < 1.29 is 13.6 Å². The topological polar surface area (TPSA) is 42.0 Å². The quantitative estimate of drug-likeness (QED) is 0.897. The molecule has 0 unspecified atom stereocenters. The van der Waals surface area contributed by atoms with E-state index in [0.717, 1.165) is 17.8 Å². The molecule has 0 aliphatic rings. The largest absolute Gasteiger partial charge is 0.317 e. The van der Waals surface area contributed by atoms with Crippen molar-refractivity contribution in [3.05, 3.63) is 57.3 Å². The van der Waals surface area contributed by atoms with Crippen LogP contribution in [0.4, 0.5) is 14.5 Å². The number of aromatic nitrogens is 1. The summed E-state index contributed by atoms with van der Waals surface area (Å²) in [7, 11) is 0. The lowest BCUT2D eigenvalue weighted by molar-refractivity contribution is 0.102. The lowest BCUT2D eigenvalue weighted by Crippen LogP contribution is -2.16. The Balaban J connectivity index is 2.33. The van der Waals surface area contributed by atoms with Crippen molar-refractivity contribution in [2.75, 3.05) is 5.32 Å². The maximum Gasteiger partial charge on any atom is 0.257 e. The van der Waals surface area contributed by atoms with E-state index < -0.39 is 23.2 Å². The molecule has 6 heteroatoms. The van der Waals surface area contributed by atoms with E-state index in [1.54, 1.807) is 26.0 Å². The number of nitrogens with zero attached hydrogens (tertiary/aromatic N) is 1. The number of aryl methyl sites for hydroxylation is 2. The third-order valence-electron chi connectivity index (χ3n) is 2.72. The molecule has 3 nitrogen and oxygen atoms in total. The van der Waals surface area contributed by atoms with Gasteiger partial charge in [0.25, 0.3) is 5.91 Å². The molecule has 1 N–H and O–H groups in total. The fraction of sp³-hybridized carbons (Fsp3) is 0.143. The number of halogens is 3. The van der Waals surface area contributed by atoms with Crippen LogP contribution < -0.4 is 5.32 Å². The van der Waals surface area contributed by atoms with Crippen LogP contribution in [0, 0.1) is 25.5 Å². The van der Waals surface area contributed by atoms with Crippen molar-refractivity contribution >= 4 is 27.5 Å². The first-order valence-corrected chi connectivity index (χ1v) is 6.58. The van der Waals surface area contributed by atoms with E-state index in [4.69, 9.17) is 0 Å². The molecule has 0 saturated carbocycles. The highest BCUT2D eigenvalue weighted by Crippen LogP contribution is 2.24. The van der Waals surface area contributed by atoms with Crippen LogP contribution >= 0.6 is 15.9 Å². The summed E-state index contributed by atoms with van der Waals surface area (Å²) in [6, 6.07) is 5.40. The summed E-state index contributed by atoms with van der Waals surface area (Å²) in [4.78, 5) is 16.2. The maximum atomic E-state index is 13.7. The van der Waals surface area contributed by atoms with Crippen molar-refractivity contribution in [3.63, 3.8) is 0 Å². The lowest BCUT2D eigenvalue weighted by Gasteiger charge is -2.10. The summed E-state index contributed by atoms with van der Waals surface area (Å²) in [5, 5.41) is 2.23. The Bertz CT molecular complexity index is 666. The summed E-state index contributed by atoms with van der Waals surface area (Å²) in [5.41, 5.74) is 1.07. The summed E-state index contributed by atoms with van der Waals surface area (Å²) in [5.74, 6) is -2.29. The molecule has 2 rings (SSSR count). The van der Waals surface area contributed by atoms with Gasteiger partial charge in [-0.2, -0.15) is 0 Å². The molecule has 0 fully saturated rings.